The molecule has 1 unspecified atom stereocenters. The molecule has 0 spiro atoms. The van der Waals surface area contributed by atoms with E-state index in [1.54, 1.807) is 13.1 Å². The fourth-order valence-electron chi connectivity index (χ4n) is 5.20. The number of rotatable bonds is 7. The first kappa shape index (κ1) is 26.2. The summed E-state index contributed by atoms with van der Waals surface area (Å²) in [6, 6.07) is 27.9. The summed E-state index contributed by atoms with van der Waals surface area (Å²) in [7, 11) is 1.64. The Morgan fingerprint density at radius 3 is 2.49 bits per heavy atom. The van der Waals surface area contributed by atoms with Crippen LogP contribution in [0.5, 0.6) is 0 Å². The second-order valence-corrected chi connectivity index (χ2v) is 9.94. The molecule has 4 aromatic rings. The molecule has 0 aromatic heterocycles. The third kappa shape index (κ3) is 5.85. The van der Waals surface area contributed by atoms with Gasteiger partial charge in [-0.1, -0.05) is 54.6 Å². The van der Waals surface area contributed by atoms with Crippen molar-refractivity contribution in [3.05, 3.63) is 125 Å². The van der Waals surface area contributed by atoms with E-state index in [4.69, 9.17) is 0 Å². The molecule has 0 bridgehead atoms. The molecule has 1 aliphatic rings. The van der Waals surface area contributed by atoms with Crippen molar-refractivity contribution in [2.75, 3.05) is 18.5 Å². The summed E-state index contributed by atoms with van der Waals surface area (Å²) >= 11 is 0. The number of fused-ring (bicyclic) bond motifs is 1. The monoisotopic (exact) mass is 521 g/mol. The van der Waals surface area contributed by atoms with Crippen molar-refractivity contribution >= 4 is 17.5 Å². The highest BCUT2D eigenvalue weighted by Gasteiger charge is 2.20. The van der Waals surface area contributed by atoms with Gasteiger partial charge in [0.05, 0.1) is 6.04 Å². The Bertz CT molecular complexity index is 1500. The van der Waals surface area contributed by atoms with Crippen LogP contribution in [0.3, 0.4) is 0 Å². The number of anilines is 1. The zero-order valence-corrected chi connectivity index (χ0v) is 22.2. The van der Waals surface area contributed by atoms with Gasteiger partial charge in [0.2, 0.25) is 0 Å². The van der Waals surface area contributed by atoms with Crippen LogP contribution in [0.15, 0.2) is 91.0 Å². The summed E-state index contributed by atoms with van der Waals surface area (Å²) in [4.78, 5) is 27.6. The summed E-state index contributed by atoms with van der Waals surface area (Å²) in [5.41, 5.74) is 7.38. The summed E-state index contributed by atoms with van der Waals surface area (Å²) in [5, 5.41) is 5.70. The number of halogens is 1. The number of carbonyl (C=O) groups is 2. The van der Waals surface area contributed by atoms with Crippen molar-refractivity contribution in [1.82, 2.24) is 10.6 Å². The van der Waals surface area contributed by atoms with E-state index in [-0.39, 0.29) is 23.7 Å². The lowest BCUT2D eigenvalue weighted by Crippen LogP contribution is -2.30. The van der Waals surface area contributed by atoms with E-state index in [2.05, 4.69) is 39.8 Å². The molecule has 0 saturated carbocycles. The third-order valence-corrected chi connectivity index (χ3v) is 7.29. The zero-order chi connectivity index (χ0) is 27.4. The van der Waals surface area contributed by atoms with E-state index >= 15 is 0 Å². The molecule has 1 aliphatic heterocycles. The van der Waals surface area contributed by atoms with Crippen LogP contribution in [0.1, 0.15) is 56.8 Å². The summed E-state index contributed by atoms with van der Waals surface area (Å²) in [6.07, 6.45) is 1.93. The Morgan fingerprint density at radius 1 is 0.923 bits per heavy atom. The van der Waals surface area contributed by atoms with Crippen molar-refractivity contribution < 1.29 is 14.0 Å². The molecule has 0 fully saturated rings. The van der Waals surface area contributed by atoms with Gasteiger partial charge in [0, 0.05) is 37.0 Å². The van der Waals surface area contributed by atoms with E-state index < -0.39 is 0 Å². The van der Waals surface area contributed by atoms with Crippen LogP contribution in [-0.2, 0) is 13.0 Å². The maximum absolute atomic E-state index is 13.6. The number of benzene rings is 4. The fraction of sp³-hybridized carbons (Fsp3) is 0.212. The van der Waals surface area contributed by atoms with Crippen molar-refractivity contribution in [1.29, 1.82) is 0 Å². The first-order chi connectivity index (χ1) is 18.9. The van der Waals surface area contributed by atoms with Gasteiger partial charge in [-0.3, -0.25) is 9.59 Å². The van der Waals surface area contributed by atoms with Gasteiger partial charge in [-0.25, -0.2) is 4.39 Å². The lowest BCUT2D eigenvalue weighted by Gasteiger charge is -2.32. The van der Waals surface area contributed by atoms with Gasteiger partial charge >= 0.3 is 0 Å². The van der Waals surface area contributed by atoms with E-state index in [1.807, 2.05) is 55.5 Å². The standard InChI is InChI=1S/C33H32FN3O2/c1-22(25-7-5-9-28(34)20-25)36-32(38)27-16-17-31-26(19-27)8-6-18-37(31)21-23-12-14-24(15-13-23)29-10-3-4-11-30(29)33(39)35-2/h3-5,7,9-17,19-20,22H,6,8,18,21H2,1-2H3,(H,35,39)(H,36,38). The minimum atomic E-state index is -0.314. The minimum Gasteiger partial charge on any atom is -0.367 e. The summed E-state index contributed by atoms with van der Waals surface area (Å²) in [6.45, 7) is 3.55. The first-order valence-electron chi connectivity index (χ1n) is 13.3. The third-order valence-electron chi connectivity index (χ3n) is 7.29. The highest BCUT2D eigenvalue weighted by Crippen LogP contribution is 2.31. The lowest BCUT2D eigenvalue weighted by atomic mass is 9.96. The predicted octanol–water partition coefficient (Wildman–Crippen LogP) is 6.30. The molecular weight excluding hydrogens is 489 g/mol. The number of aryl methyl sites for hydroxylation is 1. The number of carbonyl (C=O) groups excluding carboxylic acids is 2. The van der Waals surface area contributed by atoms with Crippen LogP contribution in [0.25, 0.3) is 11.1 Å². The Morgan fingerprint density at radius 2 is 1.72 bits per heavy atom. The SMILES string of the molecule is CNC(=O)c1ccccc1-c1ccc(CN2CCCc3cc(C(=O)NC(C)c4cccc(F)c4)ccc32)cc1. The number of amides is 2. The molecule has 2 amide bonds. The minimum absolute atomic E-state index is 0.101. The fourth-order valence-corrected chi connectivity index (χ4v) is 5.20. The molecule has 0 aliphatic carbocycles. The molecule has 5 nitrogen and oxygen atoms in total. The molecule has 198 valence electrons. The van der Waals surface area contributed by atoms with Gasteiger partial charge in [-0.05, 0) is 84.0 Å². The van der Waals surface area contributed by atoms with Crippen LogP contribution < -0.4 is 15.5 Å². The number of nitrogens with zero attached hydrogens (tertiary/aromatic N) is 1. The van der Waals surface area contributed by atoms with Gasteiger partial charge in [0.1, 0.15) is 5.82 Å². The van der Waals surface area contributed by atoms with Crippen LogP contribution in [0.4, 0.5) is 10.1 Å². The van der Waals surface area contributed by atoms with Crippen LogP contribution in [-0.4, -0.2) is 25.4 Å². The first-order valence-corrected chi connectivity index (χ1v) is 13.3. The average molecular weight is 522 g/mol. The van der Waals surface area contributed by atoms with E-state index in [0.717, 1.165) is 53.9 Å². The molecule has 1 atom stereocenters. The number of nitrogens with one attached hydrogen (secondary N) is 2. The molecule has 6 heteroatoms. The molecule has 2 N–H and O–H groups in total. The molecule has 39 heavy (non-hydrogen) atoms. The summed E-state index contributed by atoms with van der Waals surface area (Å²) < 4.78 is 13.6. The van der Waals surface area contributed by atoms with Crippen molar-refractivity contribution in [3.63, 3.8) is 0 Å². The quantitative estimate of drug-likeness (QED) is 0.300. The Hall–Kier alpha value is -4.45. The molecular formula is C33H32FN3O2. The maximum atomic E-state index is 13.6. The van der Waals surface area contributed by atoms with Crippen LogP contribution in [0, 0.1) is 5.82 Å². The molecule has 4 aromatic carbocycles. The van der Waals surface area contributed by atoms with E-state index in [0.29, 0.717) is 11.1 Å². The number of hydrogen-bond acceptors (Lipinski definition) is 3. The highest BCUT2D eigenvalue weighted by molar-refractivity contribution is 6.00. The maximum Gasteiger partial charge on any atom is 0.251 e. The topological polar surface area (TPSA) is 61.4 Å². The van der Waals surface area contributed by atoms with Gasteiger partial charge in [0.25, 0.3) is 11.8 Å². The number of hydrogen-bond donors (Lipinski definition) is 2. The normalized spacial score (nSPS) is 13.4. The summed E-state index contributed by atoms with van der Waals surface area (Å²) in [5.74, 6) is -0.582. The molecule has 0 saturated heterocycles. The predicted molar refractivity (Wildman–Crippen MR) is 153 cm³/mol. The smallest absolute Gasteiger partial charge is 0.251 e. The highest BCUT2D eigenvalue weighted by atomic mass is 19.1. The van der Waals surface area contributed by atoms with Crippen LogP contribution in [0.2, 0.25) is 0 Å². The Kier molecular flexibility index (Phi) is 7.73. The van der Waals surface area contributed by atoms with E-state index in [9.17, 15) is 14.0 Å². The van der Waals surface area contributed by atoms with Gasteiger partial charge in [-0.2, -0.15) is 0 Å². The molecule has 1 heterocycles. The Labute approximate surface area is 228 Å². The molecule has 5 rings (SSSR count). The van der Waals surface area contributed by atoms with Crippen molar-refractivity contribution in [3.8, 4) is 11.1 Å². The van der Waals surface area contributed by atoms with Crippen LogP contribution >= 0.6 is 0 Å². The lowest BCUT2D eigenvalue weighted by molar-refractivity contribution is 0.0937. The van der Waals surface area contributed by atoms with Gasteiger partial charge < -0.3 is 15.5 Å². The van der Waals surface area contributed by atoms with Gasteiger partial charge in [0.15, 0.2) is 0 Å². The second kappa shape index (κ2) is 11.5. The Balaban J connectivity index is 1.29. The molecule has 0 radical (unpaired) electrons. The average Bonchev–Trinajstić information content (AvgIpc) is 2.97. The largest absolute Gasteiger partial charge is 0.367 e. The van der Waals surface area contributed by atoms with E-state index in [1.165, 1.54) is 17.7 Å². The zero-order valence-electron chi connectivity index (χ0n) is 22.2. The van der Waals surface area contributed by atoms with Crippen molar-refractivity contribution in [2.45, 2.75) is 32.4 Å². The second-order valence-electron chi connectivity index (χ2n) is 9.94. The van der Waals surface area contributed by atoms with Gasteiger partial charge in [-0.15, -0.1) is 0 Å². The van der Waals surface area contributed by atoms with Crippen molar-refractivity contribution in [2.24, 2.45) is 0 Å².